The molecule has 2 fully saturated rings. The largest absolute Gasteiger partial charge is 0.481 e. The number of amides is 1. The maximum Gasteiger partial charge on any atom is 0.313 e. The molecule has 4 atom stereocenters. The predicted octanol–water partition coefficient (Wildman–Crippen LogP) is 3.30. The summed E-state index contributed by atoms with van der Waals surface area (Å²) in [4.78, 5) is 41.0. The first-order valence-corrected chi connectivity index (χ1v) is 10.4. The number of carbonyl (C=O) groups excluding carboxylic acids is 2. The number of ether oxygens (including phenoxy) is 1. The van der Waals surface area contributed by atoms with E-state index in [9.17, 15) is 19.5 Å². The molecule has 160 valence electrons. The fraction of sp³-hybridized carbons (Fsp3) is 0.476. The number of hydrogen-bond donors (Lipinski definition) is 2. The minimum atomic E-state index is -1.57. The number of carboxylic acids is 1. The highest BCUT2D eigenvalue weighted by Gasteiger charge is 2.73. The van der Waals surface area contributed by atoms with E-state index in [4.69, 9.17) is 27.9 Å². The zero-order valence-corrected chi connectivity index (χ0v) is 18.1. The molecule has 1 aromatic rings. The molecule has 7 nitrogen and oxygen atoms in total. The highest BCUT2D eigenvalue weighted by molar-refractivity contribution is 6.38. The summed E-state index contributed by atoms with van der Waals surface area (Å²) in [5.41, 5.74) is -1.05. The van der Waals surface area contributed by atoms with E-state index < -0.39 is 41.3 Å². The first-order chi connectivity index (χ1) is 14.0. The van der Waals surface area contributed by atoms with Crippen molar-refractivity contribution in [1.82, 2.24) is 4.90 Å². The number of fused-ring (bicyclic) bond motifs is 4. The summed E-state index contributed by atoms with van der Waals surface area (Å²) < 4.78 is 5.29. The summed E-state index contributed by atoms with van der Waals surface area (Å²) in [6, 6.07) is 2.57. The second-order valence-electron chi connectivity index (χ2n) is 8.85. The van der Waals surface area contributed by atoms with Gasteiger partial charge in [0, 0.05) is 23.2 Å². The summed E-state index contributed by atoms with van der Waals surface area (Å²) in [5.74, 6) is -4.78. The Morgan fingerprint density at radius 1 is 1.40 bits per heavy atom. The van der Waals surface area contributed by atoms with Gasteiger partial charge in [0.1, 0.15) is 18.1 Å². The number of esters is 1. The molecular weight excluding hydrogens is 431 g/mol. The van der Waals surface area contributed by atoms with Crippen molar-refractivity contribution in [2.45, 2.75) is 31.8 Å². The highest BCUT2D eigenvalue weighted by atomic mass is 35.5. The number of nitrogens with zero attached hydrogens (tertiary/aromatic N) is 1. The molecule has 30 heavy (non-hydrogen) atoms. The van der Waals surface area contributed by atoms with Gasteiger partial charge >= 0.3 is 11.9 Å². The standard InChI is InChI=1S/C21H22Cl2N2O5/c1-4-5-30-18(28)15-14(17(26)27)13-8-20(2,3)9-25(13)21(15)11-6-10(22)7-12(23)16(11)24-19(21)29/h4,6-7,13-15H,1,5,8-9H2,2-3H3,(H,24,29)(H,26,27)/t13?,14-,15+,21?/m1/s1. The summed E-state index contributed by atoms with van der Waals surface area (Å²) in [7, 11) is 0. The molecule has 2 saturated heterocycles. The molecule has 1 spiro atoms. The van der Waals surface area contributed by atoms with Crippen LogP contribution in [-0.4, -0.2) is 47.0 Å². The van der Waals surface area contributed by atoms with Gasteiger partial charge in [0.05, 0.1) is 16.6 Å². The molecule has 2 unspecified atom stereocenters. The molecule has 2 N–H and O–H groups in total. The van der Waals surface area contributed by atoms with Crippen LogP contribution in [0.15, 0.2) is 24.8 Å². The van der Waals surface area contributed by atoms with Crippen molar-refractivity contribution in [3.8, 4) is 0 Å². The van der Waals surface area contributed by atoms with Gasteiger partial charge in [-0.05, 0) is 24.0 Å². The lowest BCUT2D eigenvalue weighted by Crippen LogP contribution is -2.54. The third-order valence-corrected chi connectivity index (χ3v) is 6.89. The Morgan fingerprint density at radius 3 is 2.73 bits per heavy atom. The number of rotatable bonds is 4. The SMILES string of the molecule is C=CCOC(=O)[C@@H]1[C@H](C(=O)O)C2CC(C)(C)CN2C12C(=O)Nc1c(Cl)cc(Cl)cc12. The molecule has 3 aliphatic rings. The Balaban J connectivity index is 1.99. The Labute approximate surface area is 184 Å². The van der Waals surface area contributed by atoms with Crippen molar-refractivity contribution < 1.29 is 24.2 Å². The molecule has 9 heteroatoms. The maximum absolute atomic E-state index is 13.6. The molecule has 0 aliphatic carbocycles. The van der Waals surface area contributed by atoms with E-state index >= 15 is 0 Å². The van der Waals surface area contributed by atoms with E-state index in [0.717, 1.165) is 0 Å². The monoisotopic (exact) mass is 452 g/mol. The molecule has 0 radical (unpaired) electrons. The van der Waals surface area contributed by atoms with Crippen molar-refractivity contribution >= 4 is 46.7 Å². The smallest absolute Gasteiger partial charge is 0.313 e. The zero-order valence-electron chi connectivity index (χ0n) is 16.6. The van der Waals surface area contributed by atoms with Gasteiger partial charge in [-0.1, -0.05) is 49.7 Å². The first kappa shape index (κ1) is 21.2. The Morgan fingerprint density at radius 2 is 2.10 bits per heavy atom. The van der Waals surface area contributed by atoms with E-state index in [-0.39, 0.29) is 17.0 Å². The molecule has 0 bridgehead atoms. The van der Waals surface area contributed by atoms with Gasteiger partial charge in [-0.2, -0.15) is 0 Å². The zero-order chi connectivity index (χ0) is 22.0. The maximum atomic E-state index is 13.6. The van der Waals surface area contributed by atoms with Crippen LogP contribution in [0.4, 0.5) is 5.69 Å². The van der Waals surface area contributed by atoms with Crippen LogP contribution in [0.3, 0.4) is 0 Å². The summed E-state index contributed by atoms with van der Waals surface area (Å²) >= 11 is 12.6. The number of nitrogens with one attached hydrogen (secondary N) is 1. The lowest BCUT2D eigenvalue weighted by Gasteiger charge is -2.37. The van der Waals surface area contributed by atoms with E-state index in [1.807, 2.05) is 18.7 Å². The van der Waals surface area contributed by atoms with E-state index in [0.29, 0.717) is 29.2 Å². The normalized spacial score (nSPS) is 31.3. The van der Waals surface area contributed by atoms with Crippen molar-refractivity contribution in [2.75, 3.05) is 18.5 Å². The van der Waals surface area contributed by atoms with Crippen LogP contribution in [0.1, 0.15) is 25.8 Å². The summed E-state index contributed by atoms with van der Waals surface area (Å²) in [6.07, 6.45) is 1.92. The number of aliphatic carboxylic acids is 1. The Hall–Kier alpha value is -2.09. The van der Waals surface area contributed by atoms with Crippen LogP contribution >= 0.6 is 23.2 Å². The molecule has 3 aliphatic heterocycles. The van der Waals surface area contributed by atoms with E-state index in [1.54, 1.807) is 6.07 Å². The predicted molar refractivity (Wildman–Crippen MR) is 111 cm³/mol. The van der Waals surface area contributed by atoms with Crippen LogP contribution in [0.2, 0.25) is 10.0 Å². The van der Waals surface area contributed by atoms with E-state index in [2.05, 4.69) is 11.9 Å². The third kappa shape index (κ3) is 2.79. The van der Waals surface area contributed by atoms with Gasteiger partial charge < -0.3 is 15.2 Å². The quantitative estimate of drug-likeness (QED) is 0.537. The average Bonchev–Trinajstić information content (AvgIpc) is 3.20. The number of anilines is 1. The minimum absolute atomic E-state index is 0.0846. The van der Waals surface area contributed by atoms with Crippen LogP contribution in [0.5, 0.6) is 0 Å². The summed E-state index contributed by atoms with van der Waals surface area (Å²) in [6.45, 7) is 7.92. The number of benzene rings is 1. The van der Waals surface area contributed by atoms with Gasteiger partial charge in [0.15, 0.2) is 0 Å². The van der Waals surface area contributed by atoms with Crippen molar-refractivity contribution in [2.24, 2.45) is 17.3 Å². The molecular formula is C21H22Cl2N2O5. The van der Waals surface area contributed by atoms with Crippen molar-refractivity contribution in [1.29, 1.82) is 0 Å². The molecule has 1 aromatic carbocycles. The minimum Gasteiger partial charge on any atom is -0.481 e. The number of carbonyl (C=O) groups is 3. The topological polar surface area (TPSA) is 95.9 Å². The number of halogens is 2. The Kier molecular flexibility index (Phi) is 4.91. The van der Waals surface area contributed by atoms with Crippen LogP contribution in [0.25, 0.3) is 0 Å². The molecule has 3 heterocycles. The average molecular weight is 453 g/mol. The molecule has 1 amide bonds. The lowest BCUT2D eigenvalue weighted by atomic mass is 9.72. The van der Waals surface area contributed by atoms with Crippen molar-refractivity contribution in [3.63, 3.8) is 0 Å². The first-order valence-electron chi connectivity index (χ1n) is 9.62. The fourth-order valence-corrected chi connectivity index (χ4v) is 6.01. The number of carboxylic acid groups (broad SMARTS) is 1. The number of hydrogen-bond acceptors (Lipinski definition) is 5. The van der Waals surface area contributed by atoms with Crippen LogP contribution in [-0.2, 0) is 24.7 Å². The highest BCUT2D eigenvalue weighted by Crippen LogP contribution is 2.61. The third-order valence-electron chi connectivity index (χ3n) is 6.37. The fourth-order valence-electron chi connectivity index (χ4n) is 5.47. The van der Waals surface area contributed by atoms with Gasteiger partial charge in [0.2, 0.25) is 0 Å². The van der Waals surface area contributed by atoms with Gasteiger partial charge in [-0.25, -0.2) is 0 Å². The summed E-state index contributed by atoms with van der Waals surface area (Å²) in [5, 5.41) is 13.4. The van der Waals surface area contributed by atoms with Crippen molar-refractivity contribution in [3.05, 3.63) is 40.4 Å². The lowest BCUT2D eigenvalue weighted by molar-refractivity contribution is -0.160. The van der Waals surface area contributed by atoms with Gasteiger partial charge in [0.25, 0.3) is 5.91 Å². The molecule has 4 rings (SSSR count). The second-order valence-corrected chi connectivity index (χ2v) is 9.70. The molecule has 0 aromatic heterocycles. The van der Waals surface area contributed by atoms with Crippen LogP contribution in [0, 0.1) is 17.3 Å². The second kappa shape index (κ2) is 6.97. The Bertz CT molecular complexity index is 978. The van der Waals surface area contributed by atoms with Gasteiger partial charge in [-0.3, -0.25) is 19.3 Å². The van der Waals surface area contributed by atoms with Crippen LogP contribution < -0.4 is 5.32 Å². The molecule has 0 saturated carbocycles. The van der Waals surface area contributed by atoms with E-state index in [1.165, 1.54) is 12.1 Å². The van der Waals surface area contributed by atoms with Gasteiger partial charge in [-0.15, -0.1) is 0 Å².